The number of nitrogens with zero attached hydrogens (tertiary/aromatic N) is 2. The van der Waals surface area contributed by atoms with Crippen LogP contribution in [0.25, 0.3) is 0 Å². The smallest absolute Gasteiger partial charge is 0.249 e. The summed E-state index contributed by atoms with van der Waals surface area (Å²) in [5.74, 6) is -0.526. The Morgan fingerprint density at radius 2 is 1.88 bits per heavy atom. The average molecular weight is 492 g/mol. The number of rotatable bonds is 8. The molecule has 3 amide bonds. The lowest BCUT2D eigenvalue weighted by Crippen LogP contribution is -2.48. The number of imide groups is 1. The molecular weight excluding hydrogens is 466 g/mol. The Hall–Kier alpha value is -1.90. The van der Waals surface area contributed by atoms with Gasteiger partial charge in [0, 0.05) is 22.5 Å². The number of fused-ring (bicyclic) bond motifs is 1. The normalized spacial score (nSPS) is 21.5. The van der Waals surface area contributed by atoms with Gasteiger partial charge >= 0.3 is 0 Å². The van der Waals surface area contributed by atoms with Crippen molar-refractivity contribution in [2.24, 2.45) is 11.8 Å². The minimum atomic E-state index is -0.795. The van der Waals surface area contributed by atoms with Gasteiger partial charge in [0.15, 0.2) is 5.13 Å². The van der Waals surface area contributed by atoms with Gasteiger partial charge in [-0.2, -0.15) is 11.8 Å². The van der Waals surface area contributed by atoms with Crippen LogP contribution in [0.5, 0.6) is 0 Å². The zero-order chi connectivity index (χ0) is 22.7. The number of hydrogen-bond donors (Lipinski definition) is 1. The number of carbonyl (C=O) groups excluding carboxylic acids is 3. The number of amides is 3. The standard InChI is InChI=1S/C23H26ClN3O3S2/c1-31-11-10-19(27-21(29)17-4-2-3-5-18(17)22(27)30)20(28)26-23-25-13-16(32-23)12-14-6-8-15(24)9-7-14/h6-9,13,17-19H,2-5,10-12H2,1H3,(H,25,26,28). The van der Waals surface area contributed by atoms with Crippen LogP contribution in [-0.4, -0.2) is 45.7 Å². The number of benzene rings is 1. The van der Waals surface area contributed by atoms with Crippen molar-refractivity contribution in [2.45, 2.75) is 44.6 Å². The van der Waals surface area contributed by atoms with Gasteiger partial charge in [-0.1, -0.05) is 36.6 Å². The fourth-order valence-corrected chi connectivity index (χ4v) is 5.98. The number of likely N-dealkylation sites (tertiary alicyclic amines) is 1. The molecule has 1 aliphatic heterocycles. The molecule has 1 saturated heterocycles. The molecule has 1 N–H and O–H groups in total. The molecule has 3 unspecified atom stereocenters. The predicted octanol–water partition coefficient (Wildman–Crippen LogP) is 4.62. The van der Waals surface area contributed by atoms with Crippen LogP contribution in [0.2, 0.25) is 5.02 Å². The van der Waals surface area contributed by atoms with Crippen LogP contribution in [0.4, 0.5) is 5.13 Å². The fourth-order valence-electron chi connectivity index (χ4n) is 4.54. The number of nitrogens with one attached hydrogen (secondary N) is 1. The van der Waals surface area contributed by atoms with Crippen molar-refractivity contribution >= 4 is 57.6 Å². The lowest BCUT2D eigenvalue weighted by molar-refractivity contribution is -0.146. The second-order valence-corrected chi connectivity index (χ2v) is 10.8. The van der Waals surface area contributed by atoms with Crippen LogP contribution < -0.4 is 5.32 Å². The molecule has 2 fully saturated rings. The van der Waals surface area contributed by atoms with E-state index in [0.29, 0.717) is 28.7 Å². The summed E-state index contributed by atoms with van der Waals surface area (Å²) >= 11 is 8.94. The quantitative estimate of drug-likeness (QED) is 0.545. The summed E-state index contributed by atoms with van der Waals surface area (Å²) in [5.41, 5.74) is 1.10. The summed E-state index contributed by atoms with van der Waals surface area (Å²) in [4.78, 5) is 45.9. The number of halogens is 1. The first-order valence-corrected chi connectivity index (χ1v) is 13.4. The zero-order valence-corrected chi connectivity index (χ0v) is 20.3. The van der Waals surface area contributed by atoms with Crippen molar-refractivity contribution in [3.05, 3.63) is 45.9 Å². The van der Waals surface area contributed by atoms with Crippen molar-refractivity contribution in [2.75, 3.05) is 17.3 Å². The Kier molecular flexibility index (Phi) is 7.53. The summed E-state index contributed by atoms with van der Waals surface area (Å²) in [7, 11) is 0. The topological polar surface area (TPSA) is 79.4 Å². The SMILES string of the molecule is CSCCC(C(=O)Nc1ncc(Cc2ccc(Cl)cc2)s1)N1C(=O)C2CCCCC2C1=O. The van der Waals surface area contributed by atoms with Gasteiger partial charge in [-0.05, 0) is 49.0 Å². The Bertz CT molecular complexity index is 971. The molecule has 9 heteroatoms. The minimum Gasteiger partial charge on any atom is -0.300 e. The molecule has 6 nitrogen and oxygen atoms in total. The van der Waals surface area contributed by atoms with Gasteiger partial charge in [0.1, 0.15) is 6.04 Å². The number of anilines is 1. The molecule has 0 spiro atoms. The molecule has 1 aromatic heterocycles. The fraction of sp³-hybridized carbons (Fsp3) is 0.478. The maximum Gasteiger partial charge on any atom is 0.249 e. The summed E-state index contributed by atoms with van der Waals surface area (Å²) < 4.78 is 0. The van der Waals surface area contributed by atoms with Gasteiger partial charge in [0.25, 0.3) is 0 Å². The maximum absolute atomic E-state index is 13.2. The van der Waals surface area contributed by atoms with Crippen LogP contribution in [0.3, 0.4) is 0 Å². The first-order chi connectivity index (χ1) is 15.5. The van der Waals surface area contributed by atoms with E-state index in [-0.39, 0.29) is 29.6 Å². The molecule has 4 rings (SSSR count). The second kappa shape index (κ2) is 10.4. The van der Waals surface area contributed by atoms with Crippen LogP contribution in [0, 0.1) is 11.8 Å². The minimum absolute atomic E-state index is 0.177. The Balaban J connectivity index is 1.46. The van der Waals surface area contributed by atoms with Crippen LogP contribution in [0.1, 0.15) is 42.5 Å². The molecule has 32 heavy (non-hydrogen) atoms. The molecule has 2 aromatic rings. The second-order valence-electron chi connectivity index (χ2n) is 8.27. The first-order valence-electron chi connectivity index (χ1n) is 10.8. The van der Waals surface area contributed by atoms with E-state index in [2.05, 4.69) is 10.3 Å². The van der Waals surface area contributed by atoms with E-state index in [4.69, 9.17) is 11.6 Å². The summed E-state index contributed by atoms with van der Waals surface area (Å²) in [6.45, 7) is 0. The van der Waals surface area contributed by atoms with Crippen LogP contribution in [-0.2, 0) is 20.8 Å². The number of thioether (sulfide) groups is 1. The Morgan fingerprint density at radius 1 is 1.22 bits per heavy atom. The molecule has 2 aliphatic rings. The highest BCUT2D eigenvalue weighted by Gasteiger charge is 2.51. The zero-order valence-electron chi connectivity index (χ0n) is 17.9. The number of aromatic nitrogens is 1. The highest BCUT2D eigenvalue weighted by molar-refractivity contribution is 7.98. The van der Waals surface area contributed by atoms with Crippen molar-refractivity contribution in [1.29, 1.82) is 0 Å². The van der Waals surface area contributed by atoms with E-state index in [9.17, 15) is 14.4 Å². The summed E-state index contributed by atoms with van der Waals surface area (Å²) in [6.07, 6.45) is 8.22. The van der Waals surface area contributed by atoms with Crippen molar-refractivity contribution < 1.29 is 14.4 Å². The Morgan fingerprint density at radius 3 is 2.50 bits per heavy atom. The van der Waals surface area contributed by atoms with Crippen molar-refractivity contribution in [3.8, 4) is 0 Å². The van der Waals surface area contributed by atoms with E-state index in [1.165, 1.54) is 16.2 Å². The van der Waals surface area contributed by atoms with Gasteiger partial charge in [0.05, 0.1) is 11.8 Å². The van der Waals surface area contributed by atoms with Crippen molar-refractivity contribution in [3.63, 3.8) is 0 Å². The molecule has 1 aliphatic carbocycles. The highest BCUT2D eigenvalue weighted by atomic mass is 35.5. The van der Waals surface area contributed by atoms with Gasteiger partial charge in [-0.3, -0.25) is 19.3 Å². The lowest BCUT2D eigenvalue weighted by Gasteiger charge is -2.25. The van der Waals surface area contributed by atoms with E-state index in [1.54, 1.807) is 18.0 Å². The Labute approximate surface area is 201 Å². The third-order valence-electron chi connectivity index (χ3n) is 6.16. The molecular formula is C23H26ClN3O3S2. The van der Waals surface area contributed by atoms with Gasteiger partial charge in [0.2, 0.25) is 17.7 Å². The van der Waals surface area contributed by atoms with Gasteiger partial charge in [-0.25, -0.2) is 4.98 Å². The van der Waals surface area contributed by atoms with E-state index in [1.807, 2.05) is 30.5 Å². The molecule has 2 heterocycles. The maximum atomic E-state index is 13.2. The lowest BCUT2D eigenvalue weighted by atomic mass is 9.81. The molecule has 3 atom stereocenters. The first kappa shape index (κ1) is 23.3. The molecule has 0 bridgehead atoms. The van der Waals surface area contributed by atoms with Crippen LogP contribution >= 0.6 is 34.7 Å². The third kappa shape index (κ3) is 5.02. The number of thiazole rings is 1. The van der Waals surface area contributed by atoms with E-state index >= 15 is 0 Å². The average Bonchev–Trinajstić information content (AvgIpc) is 3.33. The molecule has 170 valence electrons. The largest absolute Gasteiger partial charge is 0.300 e. The van der Waals surface area contributed by atoms with Crippen LogP contribution in [0.15, 0.2) is 30.5 Å². The molecule has 0 radical (unpaired) electrons. The predicted molar refractivity (Wildman–Crippen MR) is 129 cm³/mol. The van der Waals surface area contributed by atoms with Crippen molar-refractivity contribution in [1.82, 2.24) is 9.88 Å². The highest BCUT2D eigenvalue weighted by Crippen LogP contribution is 2.39. The van der Waals surface area contributed by atoms with Gasteiger partial charge in [-0.15, -0.1) is 11.3 Å². The summed E-state index contributed by atoms with van der Waals surface area (Å²) in [6, 6.07) is 6.82. The number of hydrogen-bond acceptors (Lipinski definition) is 6. The van der Waals surface area contributed by atoms with E-state index < -0.39 is 6.04 Å². The number of carbonyl (C=O) groups is 3. The van der Waals surface area contributed by atoms with Gasteiger partial charge < -0.3 is 5.32 Å². The summed E-state index contributed by atoms with van der Waals surface area (Å²) in [5, 5.41) is 4.02. The monoisotopic (exact) mass is 491 g/mol. The third-order valence-corrected chi connectivity index (χ3v) is 7.97. The van der Waals surface area contributed by atoms with E-state index in [0.717, 1.165) is 36.1 Å². The molecule has 1 aromatic carbocycles. The molecule has 1 saturated carbocycles.